The summed E-state index contributed by atoms with van der Waals surface area (Å²) in [6.07, 6.45) is -0.0516. The minimum Gasteiger partial charge on any atom is -0.481 e. The van der Waals surface area contributed by atoms with Gasteiger partial charge in [0.05, 0.1) is 5.41 Å². The Morgan fingerprint density at radius 1 is 1.24 bits per heavy atom. The zero-order chi connectivity index (χ0) is 15.7. The van der Waals surface area contributed by atoms with Crippen molar-refractivity contribution in [1.29, 1.82) is 0 Å². The molecule has 1 fully saturated rings. The van der Waals surface area contributed by atoms with E-state index in [9.17, 15) is 14.7 Å². The Morgan fingerprint density at radius 2 is 1.86 bits per heavy atom. The molecule has 114 valence electrons. The number of hydrogen-bond acceptors (Lipinski definition) is 3. The van der Waals surface area contributed by atoms with Crippen LogP contribution in [0.5, 0.6) is 0 Å². The van der Waals surface area contributed by atoms with Crippen molar-refractivity contribution >= 4 is 12.1 Å². The molecule has 0 spiro atoms. The maximum Gasteiger partial charge on any atom is 0.410 e. The van der Waals surface area contributed by atoms with E-state index >= 15 is 0 Å². The van der Waals surface area contributed by atoms with Crippen LogP contribution in [0.15, 0.2) is 30.3 Å². The molecular formula is C16H21NO4. The molecule has 0 aromatic heterocycles. The van der Waals surface area contributed by atoms with Crippen LogP contribution in [-0.2, 0) is 16.1 Å². The van der Waals surface area contributed by atoms with E-state index in [-0.39, 0.29) is 13.2 Å². The summed E-state index contributed by atoms with van der Waals surface area (Å²) in [5, 5.41) is 9.33. The second kappa shape index (κ2) is 5.39. The number of benzene rings is 1. The molecule has 2 rings (SSSR count). The summed E-state index contributed by atoms with van der Waals surface area (Å²) in [7, 11) is 0. The normalized spacial score (nSPS) is 23.9. The molecule has 1 saturated heterocycles. The molecule has 0 radical (unpaired) electrons. The van der Waals surface area contributed by atoms with E-state index in [0.717, 1.165) is 5.56 Å². The number of nitrogens with zero attached hydrogens (tertiary/aromatic N) is 1. The molecule has 1 amide bonds. The van der Waals surface area contributed by atoms with Crippen molar-refractivity contribution < 1.29 is 19.4 Å². The fraction of sp³-hybridized carbons (Fsp3) is 0.500. The van der Waals surface area contributed by atoms with Gasteiger partial charge in [-0.1, -0.05) is 30.3 Å². The fourth-order valence-electron chi connectivity index (χ4n) is 2.92. The highest BCUT2D eigenvalue weighted by atomic mass is 16.6. The number of carbonyl (C=O) groups excluding carboxylic acids is 1. The summed E-state index contributed by atoms with van der Waals surface area (Å²) in [6.45, 7) is 5.76. The summed E-state index contributed by atoms with van der Waals surface area (Å²) in [5.41, 5.74) is -0.542. The van der Waals surface area contributed by atoms with Gasteiger partial charge >= 0.3 is 12.1 Å². The highest BCUT2D eigenvalue weighted by molar-refractivity contribution is 5.78. The molecule has 1 N–H and O–H groups in total. The molecule has 0 saturated carbocycles. The summed E-state index contributed by atoms with van der Waals surface area (Å²) in [6, 6.07) is 9.41. The Bertz CT molecular complexity index is 540. The number of likely N-dealkylation sites (tertiary alicyclic amines) is 1. The number of aliphatic carboxylic acids is 1. The van der Waals surface area contributed by atoms with Crippen LogP contribution < -0.4 is 0 Å². The zero-order valence-corrected chi connectivity index (χ0v) is 12.6. The van der Waals surface area contributed by atoms with Gasteiger partial charge in [-0.3, -0.25) is 4.79 Å². The maximum atomic E-state index is 12.3. The highest BCUT2D eigenvalue weighted by Crippen LogP contribution is 2.41. The van der Waals surface area contributed by atoms with Crippen LogP contribution in [0.3, 0.4) is 0 Å². The SMILES string of the molecule is CC1(C(=O)O)CN(C(=O)OCc2ccccc2)C(C)(C)C1. The monoisotopic (exact) mass is 291 g/mol. The first-order valence-electron chi connectivity index (χ1n) is 6.96. The van der Waals surface area contributed by atoms with Crippen molar-refractivity contribution in [3.8, 4) is 0 Å². The molecule has 1 aliphatic rings. The Morgan fingerprint density at radius 3 is 2.38 bits per heavy atom. The van der Waals surface area contributed by atoms with E-state index in [4.69, 9.17) is 4.74 Å². The van der Waals surface area contributed by atoms with Gasteiger partial charge < -0.3 is 14.7 Å². The lowest BCUT2D eigenvalue weighted by atomic mass is 9.84. The van der Waals surface area contributed by atoms with E-state index in [1.165, 1.54) is 4.90 Å². The number of carbonyl (C=O) groups is 2. The Hall–Kier alpha value is -2.04. The Labute approximate surface area is 124 Å². The van der Waals surface area contributed by atoms with Crippen molar-refractivity contribution in [2.45, 2.75) is 39.3 Å². The molecular weight excluding hydrogens is 270 g/mol. The molecule has 21 heavy (non-hydrogen) atoms. The molecule has 0 aliphatic carbocycles. The number of hydrogen-bond donors (Lipinski definition) is 1. The van der Waals surface area contributed by atoms with Crippen molar-refractivity contribution in [2.24, 2.45) is 5.41 Å². The number of carboxylic acid groups (broad SMARTS) is 1. The topological polar surface area (TPSA) is 66.8 Å². The van der Waals surface area contributed by atoms with Gasteiger partial charge in [0.15, 0.2) is 0 Å². The molecule has 5 nitrogen and oxygen atoms in total. The Kier molecular flexibility index (Phi) is 3.94. The lowest BCUT2D eigenvalue weighted by Gasteiger charge is -2.30. The number of ether oxygens (including phenoxy) is 1. The predicted octanol–water partition coefficient (Wildman–Crippen LogP) is 2.90. The van der Waals surface area contributed by atoms with E-state index in [2.05, 4.69) is 0 Å². The fourth-order valence-corrected chi connectivity index (χ4v) is 2.92. The third-order valence-electron chi connectivity index (χ3n) is 4.00. The predicted molar refractivity (Wildman–Crippen MR) is 77.8 cm³/mol. The van der Waals surface area contributed by atoms with Gasteiger partial charge in [0, 0.05) is 12.1 Å². The Balaban J connectivity index is 2.04. The number of rotatable bonds is 3. The minimum atomic E-state index is -0.921. The lowest BCUT2D eigenvalue weighted by molar-refractivity contribution is -0.147. The quantitative estimate of drug-likeness (QED) is 0.930. The molecule has 1 unspecified atom stereocenters. The molecule has 0 bridgehead atoms. The molecule has 1 atom stereocenters. The average molecular weight is 291 g/mol. The second-order valence-corrected chi connectivity index (χ2v) is 6.48. The summed E-state index contributed by atoms with van der Waals surface area (Å²) >= 11 is 0. The van der Waals surface area contributed by atoms with Gasteiger partial charge in [-0.25, -0.2) is 4.79 Å². The van der Waals surface area contributed by atoms with Gasteiger partial charge in [0.2, 0.25) is 0 Å². The molecule has 1 aliphatic heterocycles. The van der Waals surface area contributed by atoms with Gasteiger partial charge in [-0.15, -0.1) is 0 Å². The van der Waals surface area contributed by atoms with E-state index < -0.39 is 23.0 Å². The van der Waals surface area contributed by atoms with Crippen LogP contribution in [0, 0.1) is 5.41 Å². The van der Waals surface area contributed by atoms with Crippen molar-refractivity contribution in [1.82, 2.24) is 4.90 Å². The maximum absolute atomic E-state index is 12.3. The average Bonchev–Trinajstić information content (AvgIpc) is 2.68. The lowest BCUT2D eigenvalue weighted by Crippen LogP contribution is -2.43. The first kappa shape index (κ1) is 15.4. The van der Waals surface area contributed by atoms with Crippen molar-refractivity contribution in [2.75, 3.05) is 6.54 Å². The number of amides is 1. The molecule has 1 heterocycles. The van der Waals surface area contributed by atoms with Crippen LogP contribution in [-0.4, -0.2) is 34.2 Å². The van der Waals surface area contributed by atoms with Crippen LogP contribution in [0.4, 0.5) is 4.79 Å². The van der Waals surface area contributed by atoms with Gasteiger partial charge in [0.1, 0.15) is 6.61 Å². The second-order valence-electron chi connectivity index (χ2n) is 6.48. The number of carboxylic acids is 1. The summed E-state index contributed by atoms with van der Waals surface area (Å²) < 4.78 is 5.31. The summed E-state index contributed by atoms with van der Waals surface area (Å²) in [4.78, 5) is 25.2. The third kappa shape index (κ3) is 3.17. The standard InChI is InChI=1S/C16H21NO4/c1-15(2)10-16(3,13(18)19)11-17(15)14(20)21-9-12-7-5-4-6-8-12/h4-8H,9-11H2,1-3H3,(H,18,19). The largest absolute Gasteiger partial charge is 0.481 e. The highest BCUT2D eigenvalue weighted by Gasteiger charge is 2.52. The van der Waals surface area contributed by atoms with Crippen molar-refractivity contribution in [3.63, 3.8) is 0 Å². The van der Waals surface area contributed by atoms with Crippen molar-refractivity contribution in [3.05, 3.63) is 35.9 Å². The van der Waals surface area contributed by atoms with Gasteiger partial charge in [0.25, 0.3) is 0 Å². The van der Waals surface area contributed by atoms with E-state index in [1.807, 2.05) is 44.2 Å². The molecule has 1 aromatic carbocycles. The van der Waals surface area contributed by atoms with Gasteiger partial charge in [-0.2, -0.15) is 0 Å². The first-order chi connectivity index (χ1) is 9.74. The smallest absolute Gasteiger partial charge is 0.410 e. The van der Waals surface area contributed by atoms with Crippen LogP contribution in [0.25, 0.3) is 0 Å². The summed E-state index contributed by atoms with van der Waals surface area (Å²) in [5.74, 6) is -0.881. The van der Waals surface area contributed by atoms with Crippen LogP contribution in [0.2, 0.25) is 0 Å². The minimum absolute atomic E-state index is 0.170. The van der Waals surface area contributed by atoms with E-state index in [1.54, 1.807) is 6.92 Å². The third-order valence-corrected chi connectivity index (χ3v) is 4.00. The van der Waals surface area contributed by atoms with E-state index in [0.29, 0.717) is 6.42 Å². The van der Waals surface area contributed by atoms with Gasteiger partial charge in [-0.05, 0) is 32.8 Å². The first-order valence-corrected chi connectivity index (χ1v) is 6.96. The zero-order valence-electron chi connectivity index (χ0n) is 12.6. The molecule has 1 aromatic rings. The van der Waals surface area contributed by atoms with Crippen LogP contribution >= 0.6 is 0 Å². The molecule has 5 heteroatoms. The van der Waals surface area contributed by atoms with Crippen LogP contribution in [0.1, 0.15) is 32.8 Å².